The molecule has 118 valence electrons. The summed E-state index contributed by atoms with van der Waals surface area (Å²) in [5, 5.41) is 0. The Bertz CT molecular complexity index is 698. The SMILES string of the molecule is CC1CCCN1C(=O)c1ccc(N2Cc3ccccc3C2)cc1. The van der Waals surface area contributed by atoms with Crippen LogP contribution in [0, 0.1) is 0 Å². The van der Waals surface area contributed by atoms with Gasteiger partial charge in [-0.15, -0.1) is 0 Å². The zero-order valence-corrected chi connectivity index (χ0v) is 13.5. The lowest BCUT2D eigenvalue weighted by molar-refractivity contribution is 0.0747. The Morgan fingerprint density at radius 3 is 2.22 bits per heavy atom. The molecule has 2 aromatic carbocycles. The third kappa shape index (κ3) is 2.61. The number of likely N-dealkylation sites (tertiary alicyclic amines) is 1. The van der Waals surface area contributed by atoms with Gasteiger partial charge in [-0.25, -0.2) is 0 Å². The fourth-order valence-electron chi connectivity index (χ4n) is 3.73. The minimum atomic E-state index is 0.172. The third-order valence-corrected chi connectivity index (χ3v) is 5.13. The predicted octanol–water partition coefficient (Wildman–Crippen LogP) is 3.83. The maximum absolute atomic E-state index is 12.6. The van der Waals surface area contributed by atoms with Gasteiger partial charge in [0.15, 0.2) is 0 Å². The molecule has 2 aliphatic heterocycles. The van der Waals surface area contributed by atoms with Crippen LogP contribution in [0.4, 0.5) is 5.69 Å². The monoisotopic (exact) mass is 306 g/mol. The van der Waals surface area contributed by atoms with Crippen LogP contribution in [0.3, 0.4) is 0 Å². The second-order valence-corrected chi connectivity index (χ2v) is 6.66. The minimum Gasteiger partial charge on any atom is -0.363 e. The molecule has 2 heterocycles. The van der Waals surface area contributed by atoms with Crippen molar-refractivity contribution in [3.05, 3.63) is 65.2 Å². The van der Waals surface area contributed by atoms with E-state index < -0.39 is 0 Å². The number of benzene rings is 2. The number of amides is 1. The molecule has 0 radical (unpaired) electrons. The van der Waals surface area contributed by atoms with Crippen LogP contribution in [0.1, 0.15) is 41.3 Å². The van der Waals surface area contributed by atoms with Crippen LogP contribution in [-0.2, 0) is 13.1 Å². The number of anilines is 1. The van der Waals surface area contributed by atoms with Gasteiger partial charge in [0, 0.05) is 36.9 Å². The smallest absolute Gasteiger partial charge is 0.254 e. The van der Waals surface area contributed by atoms with E-state index >= 15 is 0 Å². The van der Waals surface area contributed by atoms with Crippen molar-refractivity contribution in [3.8, 4) is 0 Å². The van der Waals surface area contributed by atoms with Crippen molar-refractivity contribution in [1.82, 2.24) is 4.90 Å². The van der Waals surface area contributed by atoms with Gasteiger partial charge in [0.1, 0.15) is 0 Å². The molecule has 3 nitrogen and oxygen atoms in total. The highest BCUT2D eigenvalue weighted by Crippen LogP contribution is 2.28. The van der Waals surface area contributed by atoms with Crippen LogP contribution >= 0.6 is 0 Å². The predicted molar refractivity (Wildman–Crippen MR) is 92.5 cm³/mol. The van der Waals surface area contributed by atoms with Crippen LogP contribution in [0.15, 0.2) is 48.5 Å². The Labute approximate surface area is 137 Å². The van der Waals surface area contributed by atoms with Crippen molar-refractivity contribution >= 4 is 11.6 Å². The van der Waals surface area contributed by atoms with Crippen molar-refractivity contribution in [2.45, 2.75) is 38.9 Å². The molecule has 0 aliphatic carbocycles. The first-order valence-corrected chi connectivity index (χ1v) is 8.45. The molecule has 1 fully saturated rings. The van der Waals surface area contributed by atoms with Crippen LogP contribution in [-0.4, -0.2) is 23.4 Å². The summed E-state index contributed by atoms with van der Waals surface area (Å²) in [4.78, 5) is 16.9. The minimum absolute atomic E-state index is 0.172. The van der Waals surface area contributed by atoms with Crippen LogP contribution in [0.5, 0.6) is 0 Å². The molecule has 2 aromatic rings. The van der Waals surface area contributed by atoms with Crippen LogP contribution < -0.4 is 4.90 Å². The first kappa shape index (κ1) is 14.3. The first-order valence-electron chi connectivity index (χ1n) is 8.45. The normalized spacial score (nSPS) is 20.0. The highest BCUT2D eigenvalue weighted by molar-refractivity contribution is 5.95. The number of rotatable bonds is 2. The van der Waals surface area contributed by atoms with Gasteiger partial charge in [-0.2, -0.15) is 0 Å². The molecule has 3 heteroatoms. The van der Waals surface area contributed by atoms with E-state index in [0.29, 0.717) is 6.04 Å². The zero-order valence-electron chi connectivity index (χ0n) is 13.5. The van der Waals surface area contributed by atoms with Crippen molar-refractivity contribution in [2.24, 2.45) is 0 Å². The molecule has 23 heavy (non-hydrogen) atoms. The molecular weight excluding hydrogens is 284 g/mol. The molecule has 2 aliphatic rings. The molecule has 1 saturated heterocycles. The van der Waals surface area contributed by atoms with Crippen molar-refractivity contribution in [3.63, 3.8) is 0 Å². The molecule has 0 spiro atoms. The molecule has 0 N–H and O–H groups in total. The fourth-order valence-corrected chi connectivity index (χ4v) is 3.73. The van der Waals surface area contributed by atoms with E-state index in [-0.39, 0.29) is 5.91 Å². The molecule has 0 bridgehead atoms. The lowest BCUT2D eigenvalue weighted by atomic mass is 10.1. The Kier molecular flexibility index (Phi) is 3.56. The van der Waals surface area contributed by atoms with E-state index in [4.69, 9.17) is 0 Å². The van der Waals surface area contributed by atoms with E-state index in [0.717, 1.165) is 38.0 Å². The molecule has 1 unspecified atom stereocenters. The molecular formula is C20H22N2O. The Balaban J connectivity index is 1.50. The summed E-state index contributed by atoms with van der Waals surface area (Å²) in [5.41, 5.74) is 4.79. The lowest BCUT2D eigenvalue weighted by Gasteiger charge is -2.22. The zero-order chi connectivity index (χ0) is 15.8. The van der Waals surface area contributed by atoms with Crippen LogP contribution in [0.2, 0.25) is 0 Å². The largest absolute Gasteiger partial charge is 0.363 e. The van der Waals surface area contributed by atoms with Gasteiger partial charge in [-0.1, -0.05) is 24.3 Å². The second-order valence-electron chi connectivity index (χ2n) is 6.66. The molecule has 0 aromatic heterocycles. The Morgan fingerprint density at radius 1 is 1.00 bits per heavy atom. The number of nitrogens with zero attached hydrogens (tertiary/aromatic N) is 2. The van der Waals surface area contributed by atoms with Gasteiger partial charge in [-0.05, 0) is 55.2 Å². The molecule has 1 amide bonds. The quantitative estimate of drug-likeness (QED) is 0.842. The summed E-state index contributed by atoms with van der Waals surface area (Å²) in [6.07, 6.45) is 2.24. The Morgan fingerprint density at radius 2 is 1.65 bits per heavy atom. The van der Waals surface area contributed by atoms with Gasteiger partial charge in [0.05, 0.1) is 0 Å². The van der Waals surface area contributed by atoms with Crippen molar-refractivity contribution < 1.29 is 4.79 Å². The maximum atomic E-state index is 12.6. The van der Waals surface area contributed by atoms with Gasteiger partial charge in [-0.3, -0.25) is 4.79 Å². The summed E-state index contributed by atoms with van der Waals surface area (Å²) >= 11 is 0. The highest BCUT2D eigenvalue weighted by Gasteiger charge is 2.26. The topological polar surface area (TPSA) is 23.6 Å². The molecule has 0 saturated carbocycles. The standard InChI is InChI=1S/C20H22N2O/c1-15-5-4-12-22(15)20(23)16-8-10-19(11-9-16)21-13-17-6-2-3-7-18(17)14-21/h2-3,6-11,15H,4-5,12-14H2,1H3. The van der Waals surface area contributed by atoms with Gasteiger partial charge in [0.25, 0.3) is 5.91 Å². The van der Waals surface area contributed by atoms with E-state index in [1.165, 1.54) is 16.8 Å². The first-order chi connectivity index (χ1) is 11.2. The second kappa shape index (κ2) is 5.73. The van der Waals surface area contributed by atoms with Crippen molar-refractivity contribution in [1.29, 1.82) is 0 Å². The van der Waals surface area contributed by atoms with Gasteiger partial charge in [0.2, 0.25) is 0 Å². The summed E-state index contributed by atoms with van der Waals surface area (Å²) in [6, 6.07) is 17.1. The maximum Gasteiger partial charge on any atom is 0.254 e. The van der Waals surface area contributed by atoms with E-state index in [1.54, 1.807) is 0 Å². The number of fused-ring (bicyclic) bond motifs is 1. The number of carbonyl (C=O) groups excluding carboxylic acids is 1. The highest BCUT2D eigenvalue weighted by atomic mass is 16.2. The average Bonchev–Trinajstić information content (AvgIpc) is 3.20. The van der Waals surface area contributed by atoms with Gasteiger partial charge < -0.3 is 9.80 Å². The summed E-state index contributed by atoms with van der Waals surface area (Å²) < 4.78 is 0. The Hall–Kier alpha value is -2.29. The van der Waals surface area contributed by atoms with Crippen molar-refractivity contribution in [2.75, 3.05) is 11.4 Å². The number of carbonyl (C=O) groups is 1. The summed E-state index contributed by atoms with van der Waals surface area (Å²) in [5.74, 6) is 0.172. The summed E-state index contributed by atoms with van der Waals surface area (Å²) in [7, 11) is 0. The van der Waals surface area contributed by atoms with E-state index in [9.17, 15) is 4.79 Å². The number of hydrogen-bond acceptors (Lipinski definition) is 2. The van der Waals surface area contributed by atoms with E-state index in [2.05, 4.69) is 48.2 Å². The molecule has 1 atom stereocenters. The third-order valence-electron chi connectivity index (χ3n) is 5.13. The lowest BCUT2D eigenvalue weighted by Crippen LogP contribution is -2.33. The average molecular weight is 306 g/mol. The molecule has 4 rings (SSSR count). The van der Waals surface area contributed by atoms with E-state index in [1.807, 2.05) is 17.0 Å². The van der Waals surface area contributed by atoms with Gasteiger partial charge >= 0.3 is 0 Å². The fraction of sp³-hybridized carbons (Fsp3) is 0.350. The number of hydrogen-bond donors (Lipinski definition) is 0. The summed E-state index contributed by atoms with van der Waals surface area (Å²) in [6.45, 7) is 4.93. The van der Waals surface area contributed by atoms with Crippen LogP contribution in [0.25, 0.3) is 0 Å².